The van der Waals surface area contributed by atoms with Crippen LogP contribution in [0.15, 0.2) is 27.2 Å². The second-order valence-corrected chi connectivity index (χ2v) is 5.68. The molecule has 104 valence electrons. The summed E-state index contributed by atoms with van der Waals surface area (Å²) < 4.78 is 11.8. The van der Waals surface area contributed by atoms with Crippen LogP contribution in [0.4, 0.5) is 0 Å². The van der Waals surface area contributed by atoms with Crippen LogP contribution in [0.1, 0.15) is 28.9 Å². The summed E-state index contributed by atoms with van der Waals surface area (Å²) in [6.45, 7) is 1.95. The zero-order chi connectivity index (χ0) is 14.3. The fraction of sp³-hybridized carbons (Fsp3) is 0.286. The molecule has 1 fully saturated rings. The Bertz CT molecular complexity index is 676. The minimum atomic E-state index is -1.11. The minimum Gasteiger partial charge on any atom is -0.488 e. The summed E-state index contributed by atoms with van der Waals surface area (Å²) >= 11 is 3.48. The maximum absolute atomic E-state index is 10.9. The molecule has 3 rings (SSSR count). The summed E-state index contributed by atoms with van der Waals surface area (Å²) in [5.74, 6) is -0.0509. The third-order valence-corrected chi connectivity index (χ3v) is 3.58. The van der Waals surface area contributed by atoms with Crippen molar-refractivity contribution in [1.82, 2.24) is 5.16 Å². The molecule has 0 atom stereocenters. The van der Waals surface area contributed by atoms with Crippen molar-refractivity contribution in [2.75, 3.05) is 0 Å². The maximum Gasteiger partial charge on any atom is 0.358 e. The first kappa shape index (κ1) is 13.2. The number of aromatic carboxylic acids is 1. The number of hydrogen-bond donors (Lipinski definition) is 1. The number of aromatic nitrogens is 1. The number of ether oxygens (including phenoxy) is 1. The summed E-state index contributed by atoms with van der Waals surface area (Å²) in [7, 11) is 0. The Kier molecular flexibility index (Phi) is 3.25. The van der Waals surface area contributed by atoms with Crippen LogP contribution < -0.4 is 4.74 Å². The standard InChI is InChI=1S/C14H12BrNO4/c1-7-4-9(12-6-11(14(17)18)16-20-12)13(10(15)5-7)19-8-2-3-8/h4-6,8H,2-3H2,1H3,(H,17,18). The molecule has 0 spiro atoms. The van der Waals surface area contributed by atoms with Crippen LogP contribution in [0.5, 0.6) is 5.75 Å². The lowest BCUT2D eigenvalue weighted by Crippen LogP contribution is -1.99. The second-order valence-electron chi connectivity index (χ2n) is 4.82. The Morgan fingerprint density at radius 1 is 1.45 bits per heavy atom. The van der Waals surface area contributed by atoms with E-state index >= 15 is 0 Å². The monoisotopic (exact) mass is 337 g/mol. The van der Waals surface area contributed by atoms with Gasteiger partial charge in [-0.1, -0.05) is 5.16 Å². The summed E-state index contributed by atoms with van der Waals surface area (Å²) in [6.07, 6.45) is 2.31. The van der Waals surface area contributed by atoms with Gasteiger partial charge < -0.3 is 14.4 Å². The molecule has 1 aromatic heterocycles. The van der Waals surface area contributed by atoms with Gasteiger partial charge >= 0.3 is 5.97 Å². The molecular formula is C14H12BrNO4. The van der Waals surface area contributed by atoms with Crippen molar-refractivity contribution in [2.45, 2.75) is 25.9 Å². The Balaban J connectivity index is 2.07. The average Bonchev–Trinajstić information content (AvgIpc) is 3.05. The molecule has 1 heterocycles. The first-order chi connectivity index (χ1) is 9.54. The van der Waals surface area contributed by atoms with E-state index in [9.17, 15) is 4.79 Å². The van der Waals surface area contributed by atoms with Crippen LogP contribution in [0.25, 0.3) is 11.3 Å². The van der Waals surface area contributed by atoms with Crippen molar-refractivity contribution in [3.63, 3.8) is 0 Å². The number of rotatable bonds is 4. The van der Waals surface area contributed by atoms with Gasteiger partial charge in [0.25, 0.3) is 0 Å². The molecule has 5 nitrogen and oxygen atoms in total. The van der Waals surface area contributed by atoms with Crippen LogP contribution in [0.2, 0.25) is 0 Å². The van der Waals surface area contributed by atoms with Gasteiger partial charge in [0.2, 0.25) is 0 Å². The molecule has 1 saturated carbocycles. The highest BCUT2D eigenvalue weighted by molar-refractivity contribution is 9.10. The fourth-order valence-electron chi connectivity index (χ4n) is 1.89. The van der Waals surface area contributed by atoms with E-state index in [1.807, 2.05) is 19.1 Å². The zero-order valence-corrected chi connectivity index (χ0v) is 12.3. The van der Waals surface area contributed by atoms with Crippen LogP contribution in [0.3, 0.4) is 0 Å². The Morgan fingerprint density at radius 3 is 2.80 bits per heavy atom. The molecule has 0 aliphatic heterocycles. The van der Waals surface area contributed by atoms with Gasteiger partial charge in [0, 0.05) is 6.07 Å². The van der Waals surface area contributed by atoms with Gasteiger partial charge in [-0.3, -0.25) is 0 Å². The molecule has 1 aliphatic rings. The van der Waals surface area contributed by atoms with Gasteiger partial charge in [-0.15, -0.1) is 0 Å². The Morgan fingerprint density at radius 2 is 2.20 bits per heavy atom. The summed E-state index contributed by atoms with van der Waals surface area (Å²) in [5.41, 5.74) is 1.61. The van der Waals surface area contributed by atoms with Crippen molar-refractivity contribution in [3.05, 3.63) is 33.9 Å². The molecule has 1 aliphatic carbocycles. The number of aryl methyl sites for hydroxylation is 1. The number of carboxylic acids is 1. The minimum absolute atomic E-state index is 0.116. The van der Waals surface area contributed by atoms with Gasteiger partial charge in [0.15, 0.2) is 11.5 Å². The predicted octanol–water partition coefficient (Wildman–Crippen LogP) is 3.65. The Hall–Kier alpha value is -1.82. The van der Waals surface area contributed by atoms with Gasteiger partial charge in [-0.05, 0) is 53.4 Å². The molecule has 1 aromatic carbocycles. The summed E-state index contributed by atoms with van der Waals surface area (Å²) in [5, 5.41) is 12.5. The molecular weight excluding hydrogens is 326 g/mol. The molecule has 0 amide bonds. The van der Waals surface area contributed by atoms with E-state index in [1.165, 1.54) is 6.07 Å². The average molecular weight is 338 g/mol. The van der Waals surface area contributed by atoms with E-state index in [4.69, 9.17) is 14.4 Å². The lowest BCUT2D eigenvalue weighted by atomic mass is 10.1. The normalized spacial score (nSPS) is 14.3. The number of benzene rings is 1. The molecule has 6 heteroatoms. The van der Waals surface area contributed by atoms with E-state index in [-0.39, 0.29) is 11.8 Å². The first-order valence-electron chi connectivity index (χ1n) is 6.22. The largest absolute Gasteiger partial charge is 0.488 e. The third-order valence-electron chi connectivity index (χ3n) is 2.99. The second kappa shape index (κ2) is 4.94. The highest BCUT2D eigenvalue weighted by Gasteiger charge is 2.27. The van der Waals surface area contributed by atoms with Crippen molar-refractivity contribution in [1.29, 1.82) is 0 Å². The topological polar surface area (TPSA) is 72.6 Å². The Labute approximate surface area is 123 Å². The van der Waals surface area contributed by atoms with Gasteiger partial charge in [-0.25, -0.2) is 4.79 Å². The van der Waals surface area contributed by atoms with Crippen LogP contribution in [0, 0.1) is 6.92 Å². The summed E-state index contributed by atoms with van der Waals surface area (Å²) in [6, 6.07) is 5.26. The van der Waals surface area contributed by atoms with Crippen molar-refractivity contribution >= 4 is 21.9 Å². The highest BCUT2D eigenvalue weighted by atomic mass is 79.9. The number of carboxylic acid groups (broad SMARTS) is 1. The first-order valence-corrected chi connectivity index (χ1v) is 7.01. The van der Waals surface area contributed by atoms with Crippen molar-refractivity contribution < 1.29 is 19.2 Å². The molecule has 0 unspecified atom stereocenters. The molecule has 0 bridgehead atoms. The molecule has 0 saturated heterocycles. The predicted molar refractivity (Wildman–Crippen MR) is 75.0 cm³/mol. The van der Waals surface area contributed by atoms with Crippen molar-refractivity contribution in [2.24, 2.45) is 0 Å². The smallest absolute Gasteiger partial charge is 0.358 e. The summed E-state index contributed by atoms with van der Waals surface area (Å²) in [4.78, 5) is 10.9. The van der Waals surface area contributed by atoms with Crippen LogP contribution >= 0.6 is 15.9 Å². The molecule has 2 aromatic rings. The van der Waals surface area contributed by atoms with E-state index in [0.29, 0.717) is 17.1 Å². The zero-order valence-electron chi connectivity index (χ0n) is 10.7. The van der Waals surface area contributed by atoms with Gasteiger partial charge in [-0.2, -0.15) is 0 Å². The lowest BCUT2D eigenvalue weighted by molar-refractivity contribution is 0.0686. The number of hydrogen-bond acceptors (Lipinski definition) is 4. The molecule has 20 heavy (non-hydrogen) atoms. The molecule has 0 radical (unpaired) electrons. The van der Waals surface area contributed by atoms with Crippen molar-refractivity contribution in [3.8, 4) is 17.1 Å². The number of halogens is 1. The molecule has 1 N–H and O–H groups in total. The fourth-order valence-corrected chi connectivity index (χ4v) is 2.56. The highest BCUT2D eigenvalue weighted by Crippen LogP contribution is 2.41. The lowest BCUT2D eigenvalue weighted by Gasteiger charge is -2.12. The van der Waals surface area contributed by atoms with Gasteiger partial charge in [0.1, 0.15) is 5.75 Å². The van der Waals surface area contributed by atoms with E-state index < -0.39 is 5.97 Å². The quantitative estimate of drug-likeness (QED) is 0.921. The van der Waals surface area contributed by atoms with Crippen LogP contribution in [-0.2, 0) is 0 Å². The van der Waals surface area contributed by atoms with E-state index in [1.54, 1.807) is 0 Å². The number of nitrogens with zero attached hydrogens (tertiary/aromatic N) is 1. The van der Waals surface area contributed by atoms with E-state index in [0.717, 1.165) is 22.9 Å². The van der Waals surface area contributed by atoms with Crippen LogP contribution in [-0.4, -0.2) is 22.3 Å². The van der Waals surface area contributed by atoms with E-state index in [2.05, 4.69) is 21.1 Å². The number of carbonyl (C=O) groups is 1. The van der Waals surface area contributed by atoms with Gasteiger partial charge in [0.05, 0.1) is 16.1 Å². The third kappa shape index (κ3) is 2.56. The maximum atomic E-state index is 10.9. The SMILES string of the molecule is Cc1cc(Br)c(OC2CC2)c(-c2cc(C(=O)O)no2)c1.